The van der Waals surface area contributed by atoms with Crippen LogP contribution in [0.2, 0.25) is 0 Å². The third-order valence-corrected chi connectivity index (χ3v) is 5.95. The fourth-order valence-corrected chi connectivity index (χ4v) is 4.23. The normalized spacial score (nSPS) is 16.1. The van der Waals surface area contributed by atoms with Gasteiger partial charge in [0, 0.05) is 31.7 Å². The molecule has 1 fully saturated rings. The van der Waals surface area contributed by atoms with Crippen LogP contribution >= 0.6 is 0 Å². The molecular formula is C25H30N4O2. The Labute approximate surface area is 183 Å². The zero-order chi connectivity index (χ0) is 22.0. The van der Waals surface area contributed by atoms with Crippen LogP contribution in [0.25, 0.3) is 22.3 Å². The van der Waals surface area contributed by atoms with Gasteiger partial charge in [-0.2, -0.15) is 0 Å². The minimum atomic E-state index is -0.580. The molecule has 0 saturated carbocycles. The highest BCUT2D eigenvalue weighted by atomic mass is 16.2. The fourth-order valence-electron chi connectivity index (χ4n) is 4.23. The van der Waals surface area contributed by atoms with Crippen LogP contribution in [0.4, 0.5) is 0 Å². The van der Waals surface area contributed by atoms with Gasteiger partial charge in [0.2, 0.25) is 5.91 Å². The molecule has 0 spiro atoms. The van der Waals surface area contributed by atoms with Gasteiger partial charge in [-0.15, -0.1) is 0 Å². The van der Waals surface area contributed by atoms with Crippen molar-refractivity contribution in [2.45, 2.75) is 26.3 Å². The van der Waals surface area contributed by atoms with Gasteiger partial charge in [-0.1, -0.05) is 56.3 Å². The third kappa shape index (κ3) is 4.39. The van der Waals surface area contributed by atoms with E-state index in [2.05, 4.69) is 25.8 Å². The van der Waals surface area contributed by atoms with E-state index < -0.39 is 6.04 Å². The number of piperazine rings is 1. The van der Waals surface area contributed by atoms with Crippen LogP contribution in [0.5, 0.6) is 0 Å². The van der Waals surface area contributed by atoms with E-state index in [-0.39, 0.29) is 17.4 Å². The summed E-state index contributed by atoms with van der Waals surface area (Å²) in [5, 5.41) is 0.544. The summed E-state index contributed by atoms with van der Waals surface area (Å²) in [6.45, 7) is 7.23. The monoisotopic (exact) mass is 418 g/mol. The smallest absolute Gasteiger partial charge is 0.262 e. The van der Waals surface area contributed by atoms with Crippen LogP contribution in [0.15, 0.2) is 59.4 Å². The van der Waals surface area contributed by atoms with E-state index in [0.29, 0.717) is 36.2 Å². The number of likely N-dealkylation sites (N-methyl/N-ethyl adjacent to an activating group) is 1. The summed E-state index contributed by atoms with van der Waals surface area (Å²) >= 11 is 0. The molecule has 3 aromatic rings. The fraction of sp³-hybridized carbons (Fsp3) is 0.400. The van der Waals surface area contributed by atoms with Crippen LogP contribution in [-0.2, 0) is 4.79 Å². The van der Waals surface area contributed by atoms with Gasteiger partial charge in [0.15, 0.2) is 0 Å². The Morgan fingerprint density at radius 3 is 2.29 bits per heavy atom. The highest BCUT2D eigenvalue weighted by Gasteiger charge is 2.31. The maximum Gasteiger partial charge on any atom is 0.262 e. The van der Waals surface area contributed by atoms with E-state index in [1.165, 1.54) is 0 Å². The average Bonchev–Trinajstić information content (AvgIpc) is 2.78. The Bertz CT molecular complexity index is 1120. The lowest BCUT2D eigenvalue weighted by Crippen LogP contribution is -2.50. The Morgan fingerprint density at radius 2 is 1.61 bits per heavy atom. The summed E-state index contributed by atoms with van der Waals surface area (Å²) in [6.07, 6.45) is 0.588. The van der Waals surface area contributed by atoms with Gasteiger partial charge >= 0.3 is 0 Å². The topological polar surface area (TPSA) is 58.4 Å². The van der Waals surface area contributed by atoms with Crippen LogP contribution in [0.1, 0.15) is 26.3 Å². The molecule has 1 amide bonds. The number of rotatable bonds is 5. The second-order valence-corrected chi connectivity index (χ2v) is 8.77. The molecule has 1 saturated heterocycles. The number of benzene rings is 2. The Balaban J connectivity index is 1.90. The summed E-state index contributed by atoms with van der Waals surface area (Å²) in [5.41, 5.74) is 1.33. The average molecular weight is 419 g/mol. The van der Waals surface area contributed by atoms with Crippen molar-refractivity contribution < 1.29 is 4.79 Å². The van der Waals surface area contributed by atoms with Crippen molar-refractivity contribution in [1.29, 1.82) is 0 Å². The summed E-state index contributed by atoms with van der Waals surface area (Å²) in [4.78, 5) is 36.4. The number of carbonyl (C=O) groups is 1. The summed E-state index contributed by atoms with van der Waals surface area (Å²) < 4.78 is 1.65. The van der Waals surface area contributed by atoms with Gasteiger partial charge in [-0.25, -0.2) is 4.98 Å². The summed E-state index contributed by atoms with van der Waals surface area (Å²) in [7, 11) is 2.07. The van der Waals surface area contributed by atoms with Crippen molar-refractivity contribution in [3.63, 3.8) is 0 Å². The van der Waals surface area contributed by atoms with E-state index in [9.17, 15) is 9.59 Å². The zero-order valence-corrected chi connectivity index (χ0v) is 18.5. The maximum atomic E-state index is 13.7. The number of carbonyl (C=O) groups excluding carboxylic acids is 1. The number of nitrogens with zero attached hydrogens (tertiary/aromatic N) is 4. The molecule has 31 heavy (non-hydrogen) atoms. The van der Waals surface area contributed by atoms with E-state index in [1.54, 1.807) is 10.6 Å². The van der Waals surface area contributed by atoms with Crippen LogP contribution in [0.3, 0.4) is 0 Å². The summed E-state index contributed by atoms with van der Waals surface area (Å²) in [5.74, 6) is 0.819. The van der Waals surface area contributed by atoms with Crippen molar-refractivity contribution >= 4 is 16.8 Å². The van der Waals surface area contributed by atoms with Gasteiger partial charge in [-0.3, -0.25) is 14.2 Å². The molecule has 0 N–H and O–H groups in total. The number of hydrogen-bond acceptors (Lipinski definition) is 4. The molecule has 1 aromatic heterocycles. The number of hydrogen-bond donors (Lipinski definition) is 0. The van der Waals surface area contributed by atoms with E-state index >= 15 is 0 Å². The van der Waals surface area contributed by atoms with Crippen LogP contribution < -0.4 is 5.56 Å². The molecular weight excluding hydrogens is 388 g/mol. The van der Waals surface area contributed by atoms with E-state index in [1.807, 2.05) is 53.4 Å². The minimum absolute atomic E-state index is 0.0122. The molecule has 0 radical (unpaired) electrons. The van der Waals surface area contributed by atoms with Crippen molar-refractivity contribution in [3.8, 4) is 11.4 Å². The molecule has 6 nitrogen and oxygen atoms in total. The molecule has 6 heteroatoms. The standard InChI is InChI=1S/C25H30N4O2/c1-18(2)17-22(25(31)28-15-13-27(3)14-16-28)29-23(19-9-5-4-6-10-19)26-21-12-8-7-11-20(21)24(29)30/h4-12,18,22H,13-17H2,1-3H3. The van der Waals surface area contributed by atoms with Gasteiger partial charge in [0.25, 0.3) is 5.56 Å². The molecule has 2 aromatic carbocycles. The van der Waals surface area contributed by atoms with Gasteiger partial charge in [-0.05, 0) is 31.5 Å². The van der Waals surface area contributed by atoms with Crippen molar-refractivity contribution in [1.82, 2.24) is 19.4 Å². The van der Waals surface area contributed by atoms with Crippen molar-refractivity contribution in [2.75, 3.05) is 33.2 Å². The van der Waals surface area contributed by atoms with Gasteiger partial charge in [0.1, 0.15) is 11.9 Å². The molecule has 0 bridgehead atoms. The SMILES string of the molecule is CC(C)CC(C(=O)N1CCN(C)CC1)n1c(-c2ccccc2)nc2ccccc2c1=O. The van der Waals surface area contributed by atoms with Gasteiger partial charge < -0.3 is 9.80 Å². The molecule has 1 unspecified atom stereocenters. The highest BCUT2D eigenvalue weighted by molar-refractivity contribution is 5.84. The Hall–Kier alpha value is -2.99. The maximum absolute atomic E-state index is 13.7. The quantitative estimate of drug-likeness (QED) is 0.637. The van der Waals surface area contributed by atoms with Gasteiger partial charge in [0.05, 0.1) is 10.9 Å². The van der Waals surface area contributed by atoms with Crippen LogP contribution in [0, 0.1) is 5.92 Å². The number of fused-ring (bicyclic) bond motifs is 1. The van der Waals surface area contributed by atoms with Crippen molar-refractivity contribution in [3.05, 3.63) is 65.0 Å². The largest absolute Gasteiger partial charge is 0.338 e. The molecule has 4 rings (SSSR count). The molecule has 2 heterocycles. The van der Waals surface area contributed by atoms with Crippen LogP contribution in [-0.4, -0.2) is 58.5 Å². The zero-order valence-electron chi connectivity index (χ0n) is 18.5. The lowest BCUT2D eigenvalue weighted by Gasteiger charge is -2.36. The van der Waals surface area contributed by atoms with Crippen molar-refractivity contribution in [2.24, 2.45) is 5.92 Å². The first-order valence-electron chi connectivity index (χ1n) is 11.0. The number of amides is 1. The third-order valence-electron chi connectivity index (χ3n) is 5.95. The highest BCUT2D eigenvalue weighted by Crippen LogP contribution is 2.27. The first-order valence-corrected chi connectivity index (χ1v) is 11.0. The lowest BCUT2D eigenvalue weighted by atomic mass is 10.0. The number of aromatic nitrogens is 2. The predicted octanol–water partition coefficient (Wildman–Crippen LogP) is 3.42. The van der Waals surface area contributed by atoms with E-state index in [4.69, 9.17) is 4.98 Å². The molecule has 0 aliphatic carbocycles. The lowest BCUT2D eigenvalue weighted by molar-refractivity contribution is -0.137. The molecule has 1 atom stereocenters. The first-order chi connectivity index (χ1) is 15.0. The first kappa shape index (κ1) is 21.2. The minimum Gasteiger partial charge on any atom is -0.338 e. The predicted molar refractivity (Wildman–Crippen MR) is 124 cm³/mol. The molecule has 1 aliphatic heterocycles. The Kier molecular flexibility index (Phi) is 6.18. The number of para-hydroxylation sites is 1. The Morgan fingerprint density at radius 1 is 0.968 bits per heavy atom. The molecule has 1 aliphatic rings. The second-order valence-electron chi connectivity index (χ2n) is 8.77. The van der Waals surface area contributed by atoms with E-state index in [0.717, 1.165) is 18.7 Å². The second kappa shape index (κ2) is 9.02. The molecule has 162 valence electrons. The summed E-state index contributed by atoms with van der Waals surface area (Å²) in [6, 6.07) is 16.5.